The highest BCUT2D eigenvalue weighted by Gasteiger charge is 2.56. The SMILES string of the molecule is CC(c1ccc(C=O)cc1)N1C(=O)C(c2cc(Cl)cc(Cl)c2)=NC12CCCC(C(F)(F)F)C2. The number of aliphatic imine (C=N–C) groups is 1. The van der Waals surface area contributed by atoms with Gasteiger partial charge in [0.15, 0.2) is 0 Å². The third kappa shape index (κ3) is 4.53. The maximum Gasteiger partial charge on any atom is 0.391 e. The molecule has 4 nitrogen and oxygen atoms in total. The summed E-state index contributed by atoms with van der Waals surface area (Å²) >= 11 is 12.2. The van der Waals surface area contributed by atoms with Crippen molar-refractivity contribution in [1.29, 1.82) is 0 Å². The summed E-state index contributed by atoms with van der Waals surface area (Å²) in [5.41, 5.74) is 0.259. The second-order valence-electron chi connectivity index (χ2n) is 8.57. The number of carbonyl (C=O) groups excluding carboxylic acids is 2. The van der Waals surface area contributed by atoms with Gasteiger partial charge in [-0.25, -0.2) is 0 Å². The number of hydrogen-bond donors (Lipinski definition) is 0. The van der Waals surface area contributed by atoms with Crippen molar-refractivity contribution in [3.63, 3.8) is 0 Å². The van der Waals surface area contributed by atoms with Crippen LogP contribution in [0.4, 0.5) is 13.2 Å². The quantitative estimate of drug-likeness (QED) is 0.445. The van der Waals surface area contributed by atoms with E-state index in [2.05, 4.69) is 4.99 Å². The van der Waals surface area contributed by atoms with Crippen LogP contribution < -0.4 is 0 Å². The summed E-state index contributed by atoms with van der Waals surface area (Å²) in [4.78, 5) is 30.8. The van der Waals surface area contributed by atoms with Crippen LogP contribution in [0.15, 0.2) is 47.5 Å². The highest BCUT2D eigenvalue weighted by molar-refractivity contribution is 6.47. The minimum Gasteiger partial charge on any atom is -0.306 e. The first-order valence-corrected chi connectivity index (χ1v) is 11.3. The van der Waals surface area contributed by atoms with E-state index in [4.69, 9.17) is 23.2 Å². The van der Waals surface area contributed by atoms with Crippen molar-refractivity contribution in [2.45, 2.75) is 50.5 Å². The Hall–Kier alpha value is -2.38. The summed E-state index contributed by atoms with van der Waals surface area (Å²) < 4.78 is 41.1. The van der Waals surface area contributed by atoms with Crippen molar-refractivity contribution in [3.05, 3.63) is 69.2 Å². The molecule has 3 unspecified atom stereocenters. The Labute approximate surface area is 199 Å². The van der Waals surface area contributed by atoms with E-state index >= 15 is 0 Å². The number of nitrogens with zero attached hydrogens (tertiary/aromatic N) is 2. The lowest BCUT2D eigenvalue weighted by atomic mass is 9.79. The molecule has 1 aliphatic carbocycles. The van der Waals surface area contributed by atoms with E-state index in [1.54, 1.807) is 31.2 Å². The predicted molar refractivity (Wildman–Crippen MR) is 121 cm³/mol. The molecule has 1 amide bonds. The molecule has 1 saturated carbocycles. The van der Waals surface area contributed by atoms with Gasteiger partial charge in [0, 0.05) is 27.6 Å². The summed E-state index contributed by atoms with van der Waals surface area (Å²) in [5.74, 6) is -2.03. The Morgan fingerprint density at radius 3 is 2.36 bits per heavy atom. The van der Waals surface area contributed by atoms with E-state index in [1.165, 1.54) is 23.1 Å². The highest BCUT2D eigenvalue weighted by atomic mass is 35.5. The van der Waals surface area contributed by atoms with Crippen molar-refractivity contribution in [1.82, 2.24) is 4.90 Å². The molecule has 33 heavy (non-hydrogen) atoms. The maximum atomic E-state index is 13.7. The third-order valence-electron chi connectivity index (χ3n) is 6.43. The fourth-order valence-corrected chi connectivity index (χ4v) is 5.39. The topological polar surface area (TPSA) is 49.7 Å². The summed E-state index contributed by atoms with van der Waals surface area (Å²) in [7, 11) is 0. The molecule has 0 radical (unpaired) electrons. The third-order valence-corrected chi connectivity index (χ3v) is 6.87. The largest absolute Gasteiger partial charge is 0.391 e. The van der Waals surface area contributed by atoms with E-state index in [-0.39, 0.29) is 25.0 Å². The molecule has 0 N–H and O–H groups in total. The molecule has 0 saturated heterocycles. The van der Waals surface area contributed by atoms with Gasteiger partial charge in [-0.1, -0.05) is 47.5 Å². The van der Waals surface area contributed by atoms with Gasteiger partial charge in [-0.15, -0.1) is 0 Å². The lowest BCUT2D eigenvalue weighted by molar-refractivity contribution is -0.194. The maximum absolute atomic E-state index is 13.7. The van der Waals surface area contributed by atoms with Gasteiger partial charge in [-0.2, -0.15) is 13.2 Å². The van der Waals surface area contributed by atoms with Crippen LogP contribution in [0.1, 0.15) is 60.1 Å². The van der Waals surface area contributed by atoms with Gasteiger partial charge in [0.25, 0.3) is 5.91 Å². The highest BCUT2D eigenvalue weighted by Crippen LogP contribution is 2.49. The molecule has 3 atom stereocenters. The summed E-state index contributed by atoms with van der Waals surface area (Å²) in [5, 5.41) is 0.602. The van der Waals surface area contributed by atoms with Crippen LogP contribution in [0.2, 0.25) is 10.0 Å². The van der Waals surface area contributed by atoms with E-state index < -0.39 is 29.7 Å². The van der Waals surface area contributed by atoms with Crippen molar-refractivity contribution in [2.75, 3.05) is 0 Å². The molecule has 1 spiro atoms. The molecule has 1 heterocycles. The fourth-order valence-electron chi connectivity index (χ4n) is 4.86. The molecular weight excluding hydrogens is 476 g/mol. The zero-order valence-electron chi connectivity index (χ0n) is 17.7. The number of benzene rings is 2. The first kappa shape index (κ1) is 23.8. The van der Waals surface area contributed by atoms with Crippen molar-refractivity contribution in [2.24, 2.45) is 10.9 Å². The second-order valence-corrected chi connectivity index (χ2v) is 9.44. The molecule has 4 rings (SSSR count). The Morgan fingerprint density at radius 2 is 1.79 bits per heavy atom. The smallest absolute Gasteiger partial charge is 0.306 e. The van der Waals surface area contributed by atoms with Crippen LogP contribution in [0.3, 0.4) is 0 Å². The van der Waals surface area contributed by atoms with Gasteiger partial charge in [0.05, 0.1) is 12.0 Å². The van der Waals surface area contributed by atoms with Crippen LogP contribution in [-0.2, 0) is 4.79 Å². The summed E-state index contributed by atoms with van der Waals surface area (Å²) in [6, 6.07) is 10.7. The fraction of sp³-hybridized carbons (Fsp3) is 0.375. The molecular formula is C24H21Cl2F3N2O2. The second kappa shape index (κ2) is 8.76. The standard InChI is InChI=1S/C24H21Cl2F3N2O2/c1-14(16-6-4-15(13-32)5-7-16)31-22(33)21(17-9-19(25)11-20(26)10-17)30-23(31)8-2-3-18(12-23)24(27,28)29/h4-7,9-11,13-14,18H,2-3,8,12H2,1H3. The minimum absolute atomic E-state index is 0.00351. The van der Waals surface area contributed by atoms with Crippen LogP contribution in [0, 0.1) is 5.92 Å². The number of amides is 1. The molecule has 2 aromatic rings. The molecule has 2 aliphatic rings. The number of rotatable bonds is 4. The Kier molecular flexibility index (Phi) is 6.31. The zero-order valence-corrected chi connectivity index (χ0v) is 19.2. The number of hydrogen-bond acceptors (Lipinski definition) is 3. The van der Waals surface area contributed by atoms with Crippen molar-refractivity contribution >= 4 is 41.1 Å². The van der Waals surface area contributed by atoms with Gasteiger partial charge in [0.1, 0.15) is 17.7 Å². The van der Waals surface area contributed by atoms with Gasteiger partial charge >= 0.3 is 6.18 Å². The summed E-state index contributed by atoms with van der Waals surface area (Å²) in [6.45, 7) is 1.76. The number of halogens is 5. The minimum atomic E-state index is -4.38. The molecule has 0 aromatic heterocycles. The lowest BCUT2D eigenvalue weighted by Gasteiger charge is -2.45. The van der Waals surface area contributed by atoms with Gasteiger partial charge in [-0.3, -0.25) is 14.6 Å². The first-order valence-electron chi connectivity index (χ1n) is 10.6. The van der Waals surface area contributed by atoms with E-state index in [0.29, 0.717) is 39.4 Å². The Bertz CT molecular complexity index is 1100. The zero-order chi connectivity index (χ0) is 24.0. The average Bonchev–Trinajstić information content (AvgIpc) is 3.03. The average molecular weight is 497 g/mol. The van der Waals surface area contributed by atoms with Gasteiger partial charge in [-0.05, 0) is 49.9 Å². The number of aldehydes is 1. The van der Waals surface area contributed by atoms with Crippen LogP contribution >= 0.6 is 23.2 Å². The van der Waals surface area contributed by atoms with E-state index in [0.717, 1.165) is 0 Å². The molecule has 174 valence electrons. The van der Waals surface area contributed by atoms with E-state index in [1.807, 2.05) is 0 Å². The monoisotopic (exact) mass is 496 g/mol. The van der Waals surface area contributed by atoms with Crippen LogP contribution in [0.25, 0.3) is 0 Å². The predicted octanol–water partition coefficient (Wildman–Crippen LogP) is 6.65. The van der Waals surface area contributed by atoms with Crippen molar-refractivity contribution in [3.8, 4) is 0 Å². The Morgan fingerprint density at radius 1 is 1.15 bits per heavy atom. The van der Waals surface area contributed by atoms with E-state index in [9.17, 15) is 22.8 Å². The normalized spacial score (nSPS) is 24.2. The lowest BCUT2D eigenvalue weighted by Crippen LogP contribution is -2.52. The van der Waals surface area contributed by atoms with Gasteiger partial charge < -0.3 is 4.90 Å². The van der Waals surface area contributed by atoms with Crippen molar-refractivity contribution < 1.29 is 22.8 Å². The van der Waals surface area contributed by atoms with Gasteiger partial charge in [0.2, 0.25) is 0 Å². The molecule has 0 bridgehead atoms. The molecule has 2 aromatic carbocycles. The molecule has 9 heteroatoms. The summed E-state index contributed by atoms with van der Waals surface area (Å²) in [6.07, 6.45) is -3.37. The van der Waals surface area contributed by atoms with Crippen LogP contribution in [-0.4, -0.2) is 34.6 Å². The molecule has 1 fully saturated rings. The Balaban J connectivity index is 1.81. The van der Waals surface area contributed by atoms with Crippen LogP contribution in [0.5, 0.6) is 0 Å². The molecule has 1 aliphatic heterocycles. The first-order chi connectivity index (χ1) is 15.5. The number of carbonyl (C=O) groups is 2. The number of alkyl halides is 3.